The summed E-state index contributed by atoms with van der Waals surface area (Å²) in [5.74, 6) is 0. The van der Waals surface area contributed by atoms with Gasteiger partial charge in [0, 0.05) is 0 Å². The van der Waals surface area contributed by atoms with E-state index in [1.54, 1.807) is 0 Å². The molecule has 10 heavy (non-hydrogen) atoms. The number of rotatable bonds is 1. The van der Waals surface area contributed by atoms with E-state index in [1.807, 2.05) is 0 Å². The zero-order chi connectivity index (χ0) is 7.56. The summed E-state index contributed by atoms with van der Waals surface area (Å²) in [7, 11) is 0. The van der Waals surface area contributed by atoms with Gasteiger partial charge in [-0.1, -0.05) is 6.08 Å². The smallest absolute Gasteiger partial charge is 0.0760 e. The summed E-state index contributed by atoms with van der Waals surface area (Å²) in [5, 5.41) is 0. The zero-order valence-corrected chi connectivity index (χ0v) is 6.76. The lowest BCUT2D eigenvalue weighted by atomic mass is 10.0. The van der Waals surface area contributed by atoms with E-state index < -0.39 is 0 Å². The van der Waals surface area contributed by atoms with Crippen LogP contribution in [0, 0.1) is 6.92 Å². The molecule has 1 rings (SSSR count). The van der Waals surface area contributed by atoms with Crippen LogP contribution in [0.25, 0.3) is 0 Å². The summed E-state index contributed by atoms with van der Waals surface area (Å²) < 4.78 is 5.58. The van der Waals surface area contributed by atoms with Gasteiger partial charge in [-0.3, -0.25) is 0 Å². The monoisotopic (exact) mass is 139 g/mol. The fourth-order valence-corrected chi connectivity index (χ4v) is 1.28. The molecule has 0 aromatic carbocycles. The van der Waals surface area contributed by atoms with Crippen molar-refractivity contribution in [3.8, 4) is 0 Å². The third-order valence-electron chi connectivity index (χ3n) is 1.96. The molecular weight excluding hydrogens is 124 g/mol. The van der Waals surface area contributed by atoms with Crippen LogP contribution in [0.3, 0.4) is 0 Å². The molecule has 1 radical (unpaired) electrons. The molecule has 0 spiro atoms. The molecule has 1 nitrogen and oxygen atoms in total. The van der Waals surface area contributed by atoms with E-state index in [0.29, 0.717) is 12.2 Å². The van der Waals surface area contributed by atoms with E-state index in [4.69, 9.17) is 4.74 Å². The molecule has 2 atom stereocenters. The fourth-order valence-electron chi connectivity index (χ4n) is 1.28. The average Bonchev–Trinajstić information content (AvgIpc) is 1.88. The van der Waals surface area contributed by atoms with Gasteiger partial charge in [0.25, 0.3) is 0 Å². The molecule has 0 aliphatic carbocycles. The Balaban J connectivity index is 2.57. The predicted molar refractivity (Wildman–Crippen MR) is 42.7 cm³/mol. The van der Waals surface area contributed by atoms with E-state index in [-0.39, 0.29) is 0 Å². The average molecular weight is 139 g/mol. The summed E-state index contributed by atoms with van der Waals surface area (Å²) in [5.41, 5.74) is 1.35. The highest BCUT2D eigenvalue weighted by Crippen LogP contribution is 2.20. The molecule has 1 heterocycles. The van der Waals surface area contributed by atoms with Crippen molar-refractivity contribution >= 4 is 0 Å². The van der Waals surface area contributed by atoms with Gasteiger partial charge in [0.1, 0.15) is 0 Å². The first-order valence-corrected chi connectivity index (χ1v) is 3.87. The number of hydrogen-bond donors (Lipinski definition) is 0. The molecule has 1 heteroatoms. The Labute approximate surface area is 63.1 Å². The maximum atomic E-state index is 5.58. The van der Waals surface area contributed by atoms with Gasteiger partial charge < -0.3 is 4.74 Å². The first-order valence-electron chi connectivity index (χ1n) is 3.87. The molecule has 0 bridgehead atoms. The molecule has 0 N–H and O–H groups in total. The van der Waals surface area contributed by atoms with Crippen LogP contribution in [0.4, 0.5) is 0 Å². The third kappa shape index (κ3) is 1.60. The first kappa shape index (κ1) is 7.80. The van der Waals surface area contributed by atoms with E-state index in [9.17, 15) is 0 Å². The summed E-state index contributed by atoms with van der Waals surface area (Å²) in [6.45, 7) is 8.03. The molecule has 0 saturated carbocycles. The van der Waals surface area contributed by atoms with Crippen LogP contribution in [0.5, 0.6) is 0 Å². The highest BCUT2D eigenvalue weighted by molar-refractivity contribution is 5.11. The van der Waals surface area contributed by atoms with Crippen molar-refractivity contribution in [3.63, 3.8) is 0 Å². The molecule has 2 unspecified atom stereocenters. The SMILES string of the molecule is [CH2]CC1=CCC(C)OC1C. The summed E-state index contributed by atoms with van der Waals surface area (Å²) >= 11 is 0. The molecule has 0 fully saturated rings. The topological polar surface area (TPSA) is 9.23 Å². The van der Waals surface area contributed by atoms with Gasteiger partial charge in [0.05, 0.1) is 12.2 Å². The van der Waals surface area contributed by atoms with Crippen LogP contribution < -0.4 is 0 Å². The fraction of sp³-hybridized carbons (Fsp3) is 0.667. The van der Waals surface area contributed by atoms with Gasteiger partial charge in [-0.25, -0.2) is 0 Å². The van der Waals surface area contributed by atoms with E-state index in [1.165, 1.54) is 5.57 Å². The molecule has 1 aliphatic heterocycles. The lowest BCUT2D eigenvalue weighted by molar-refractivity contribution is 0.0190. The maximum Gasteiger partial charge on any atom is 0.0760 e. The van der Waals surface area contributed by atoms with Crippen molar-refractivity contribution in [2.45, 2.75) is 38.9 Å². The van der Waals surface area contributed by atoms with Gasteiger partial charge in [0.2, 0.25) is 0 Å². The van der Waals surface area contributed by atoms with E-state index >= 15 is 0 Å². The van der Waals surface area contributed by atoms with E-state index in [0.717, 1.165) is 12.8 Å². The Hall–Kier alpha value is -0.300. The summed E-state index contributed by atoms with van der Waals surface area (Å²) in [6.07, 6.45) is 4.88. The molecular formula is C9H15O. The van der Waals surface area contributed by atoms with Crippen LogP contribution >= 0.6 is 0 Å². The minimum Gasteiger partial charge on any atom is -0.371 e. The minimum absolute atomic E-state index is 0.293. The number of hydrogen-bond acceptors (Lipinski definition) is 1. The molecule has 57 valence electrons. The summed E-state index contributed by atoms with van der Waals surface area (Å²) in [6, 6.07) is 0. The lowest BCUT2D eigenvalue weighted by Gasteiger charge is -2.25. The van der Waals surface area contributed by atoms with Crippen molar-refractivity contribution in [1.82, 2.24) is 0 Å². The third-order valence-corrected chi connectivity index (χ3v) is 1.96. The van der Waals surface area contributed by atoms with Crippen LogP contribution in [-0.2, 0) is 4.74 Å². The molecule has 0 aromatic heterocycles. The molecule has 0 amide bonds. The van der Waals surface area contributed by atoms with Crippen LogP contribution in [0.1, 0.15) is 26.7 Å². The number of ether oxygens (including phenoxy) is 1. The second kappa shape index (κ2) is 3.20. The lowest BCUT2D eigenvalue weighted by Crippen LogP contribution is -2.22. The second-order valence-corrected chi connectivity index (χ2v) is 2.85. The quantitative estimate of drug-likeness (QED) is 0.507. The van der Waals surface area contributed by atoms with Crippen molar-refractivity contribution in [1.29, 1.82) is 0 Å². The Morgan fingerprint density at radius 2 is 2.40 bits per heavy atom. The van der Waals surface area contributed by atoms with Gasteiger partial charge in [-0.15, -0.1) is 0 Å². The highest BCUT2D eigenvalue weighted by Gasteiger charge is 2.15. The largest absolute Gasteiger partial charge is 0.371 e. The highest BCUT2D eigenvalue weighted by atomic mass is 16.5. The van der Waals surface area contributed by atoms with Gasteiger partial charge >= 0.3 is 0 Å². The molecule has 0 saturated heterocycles. The minimum atomic E-state index is 0.293. The summed E-state index contributed by atoms with van der Waals surface area (Å²) in [4.78, 5) is 0. The van der Waals surface area contributed by atoms with Crippen LogP contribution in [-0.4, -0.2) is 12.2 Å². The predicted octanol–water partition coefficient (Wildman–Crippen LogP) is 2.33. The van der Waals surface area contributed by atoms with Gasteiger partial charge in [-0.05, 0) is 39.2 Å². The van der Waals surface area contributed by atoms with Crippen molar-refractivity contribution < 1.29 is 4.74 Å². The van der Waals surface area contributed by atoms with Crippen LogP contribution in [0.2, 0.25) is 0 Å². The Morgan fingerprint density at radius 3 is 2.90 bits per heavy atom. The molecule has 1 aliphatic rings. The standard InChI is InChI=1S/C9H15O/c1-4-9-6-5-7(2)10-8(9)3/h6-8H,1,4-5H2,2-3H3. The molecule has 0 aromatic rings. The Bertz CT molecular complexity index is 138. The van der Waals surface area contributed by atoms with Gasteiger partial charge in [-0.2, -0.15) is 0 Å². The van der Waals surface area contributed by atoms with E-state index in [2.05, 4.69) is 26.8 Å². The van der Waals surface area contributed by atoms with Gasteiger partial charge in [0.15, 0.2) is 0 Å². The van der Waals surface area contributed by atoms with Crippen LogP contribution in [0.15, 0.2) is 11.6 Å². The van der Waals surface area contributed by atoms with Crippen molar-refractivity contribution in [2.75, 3.05) is 0 Å². The Kier molecular flexibility index (Phi) is 2.50. The maximum absolute atomic E-state index is 5.58. The van der Waals surface area contributed by atoms with Crippen molar-refractivity contribution in [3.05, 3.63) is 18.6 Å². The second-order valence-electron chi connectivity index (χ2n) is 2.85. The Morgan fingerprint density at radius 1 is 1.70 bits per heavy atom. The van der Waals surface area contributed by atoms with Crippen molar-refractivity contribution in [2.24, 2.45) is 0 Å². The normalized spacial score (nSPS) is 33.7. The first-order chi connectivity index (χ1) is 4.74. The zero-order valence-electron chi connectivity index (χ0n) is 6.76.